The number of hydrogen-bond donors (Lipinski definition) is 2. The van der Waals surface area contributed by atoms with Gasteiger partial charge in [0.15, 0.2) is 0 Å². The molecule has 0 atom stereocenters. The third-order valence-electron chi connectivity index (χ3n) is 2.55. The second-order valence-electron chi connectivity index (χ2n) is 3.20. The topological polar surface area (TPSA) is 40.5 Å². The van der Waals surface area contributed by atoms with E-state index in [-0.39, 0.29) is 11.5 Å². The van der Waals surface area contributed by atoms with Crippen LogP contribution in [0.3, 0.4) is 0 Å². The molecule has 0 fully saturated rings. The van der Waals surface area contributed by atoms with Gasteiger partial charge in [-0.15, -0.1) is 0 Å². The maximum Gasteiger partial charge on any atom is 0.149 e. The van der Waals surface area contributed by atoms with Crippen molar-refractivity contribution in [1.29, 1.82) is 0 Å². The van der Waals surface area contributed by atoms with Gasteiger partial charge in [0.25, 0.3) is 0 Å². The van der Waals surface area contributed by atoms with E-state index < -0.39 is 0 Å². The second-order valence-corrected chi connectivity index (χ2v) is 3.20. The highest BCUT2D eigenvalue weighted by Crippen LogP contribution is 2.12. The summed E-state index contributed by atoms with van der Waals surface area (Å²) in [6, 6.07) is 0. The minimum atomic E-state index is 0.204. The van der Waals surface area contributed by atoms with E-state index in [9.17, 15) is 10.2 Å². The van der Waals surface area contributed by atoms with Crippen LogP contribution in [0.1, 0.15) is 5.56 Å². The first-order chi connectivity index (χ1) is 5.46. The van der Waals surface area contributed by atoms with Gasteiger partial charge in [-0.1, -0.05) is 10.9 Å². The maximum atomic E-state index is 9.53. The monoisotopic (exact) mass is 160 g/mol. The molecule has 60 valence electrons. The van der Waals surface area contributed by atoms with Crippen molar-refractivity contribution in [3.05, 3.63) is 5.56 Å². The van der Waals surface area contributed by atoms with E-state index in [0.717, 1.165) is 16.5 Å². The Labute approximate surface area is 74.8 Å². The number of benzene rings is 1. The zero-order valence-electron chi connectivity index (χ0n) is 7.89. The van der Waals surface area contributed by atoms with E-state index in [1.807, 2.05) is 22.6 Å². The molecule has 0 saturated carbocycles. The fraction of sp³-hybridized carbons (Fsp3) is 0.143. The third kappa shape index (κ3) is 1.09. The fourth-order valence-corrected chi connectivity index (χ4v) is 1.31. The van der Waals surface area contributed by atoms with Crippen molar-refractivity contribution in [3.63, 3.8) is 0 Å². The average Bonchev–Trinajstić information content (AvgIpc) is 2.08. The summed E-state index contributed by atoms with van der Waals surface area (Å²) < 4.78 is 0. The summed E-state index contributed by atoms with van der Waals surface area (Å²) in [6.07, 6.45) is 0. The molecule has 2 N–H and O–H groups in total. The van der Waals surface area contributed by atoms with Crippen molar-refractivity contribution >= 4 is 39.9 Å². The Morgan fingerprint density at radius 1 is 0.833 bits per heavy atom. The van der Waals surface area contributed by atoms with Gasteiger partial charge in [-0.05, 0) is 17.9 Å². The lowest BCUT2D eigenvalue weighted by Crippen LogP contribution is -2.33. The van der Waals surface area contributed by atoms with Crippen molar-refractivity contribution in [2.75, 3.05) is 0 Å². The number of aromatic hydroxyl groups is 2. The Morgan fingerprint density at radius 2 is 1.33 bits per heavy atom. The molecule has 0 amide bonds. The van der Waals surface area contributed by atoms with E-state index in [0.29, 0.717) is 5.46 Å². The molecule has 0 unspecified atom stereocenters. The Bertz CT molecular complexity index is 231. The van der Waals surface area contributed by atoms with Crippen LogP contribution in [-0.2, 0) is 0 Å². The fourth-order valence-electron chi connectivity index (χ4n) is 1.31. The van der Waals surface area contributed by atoms with Gasteiger partial charge >= 0.3 is 0 Å². The molecule has 0 saturated heterocycles. The first-order valence-electron chi connectivity index (χ1n) is 3.95. The molecule has 0 aromatic heterocycles. The molecule has 0 heterocycles. The van der Waals surface area contributed by atoms with Crippen LogP contribution in [0.5, 0.6) is 11.5 Å². The van der Waals surface area contributed by atoms with Gasteiger partial charge < -0.3 is 10.2 Å². The van der Waals surface area contributed by atoms with Crippen molar-refractivity contribution in [1.82, 2.24) is 0 Å². The predicted molar refractivity (Wildman–Crippen MR) is 59.0 cm³/mol. The lowest BCUT2D eigenvalue weighted by molar-refractivity contribution is 0.459. The van der Waals surface area contributed by atoms with Crippen molar-refractivity contribution in [3.8, 4) is 11.5 Å². The lowest BCUT2D eigenvalue weighted by atomic mass is 9.73. The van der Waals surface area contributed by atoms with Crippen LogP contribution in [0.25, 0.3) is 0 Å². The van der Waals surface area contributed by atoms with Crippen molar-refractivity contribution in [2.24, 2.45) is 0 Å². The van der Waals surface area contributed by atoms with Crippen LogP contribution in [0.2, 0.25) is 0 Å². The quantitative estimate of drug-likeness (QED) is 0.381. The molecule has 0 aliphatic rings. The van der Waals surface area contributed by atoms with Crippen molar-refractivity contribution < 1.29 is 10.2 Å². The summed E-state index contributed by atoms with van der Waals surface area (Å²) in [4.78, 5) is 0. The lowest BCUT2D eigenvalue weighted by Gasteiger charge is -2.13. The van der Waals surface area contributed by atoms with Gasteiger partial charge in [0.2, 0.25) is 0 Å². The number of rotatable bonds is 0. The zero-order chi connectivity index (χ0) is 9.46. The minimum absolute atomic E-state index is 0.204. The van der Waals surface area contributed by atoms with Crippen LogP contribution in [0.4, 0.5) is 0 Å². The summed E-state index contributed by atoms with van der Waals surface area (Å²) in [6.45, 7) is 1.85. The standard InChI is InChI=1S/C7H11B3O2/c1-2-3(8)4(9)7(12)5(10)6(2)11/h11-12H,8-10H2,1H3. The van der Waals surface area contributed by atoms with E-state index in [1.54, 1.807) is 7.85 Å². The zero-order valence-corrected chi connectivity index (χ0v) is 7.89. The summed E-state index contributed by atoms with van der Waals surface area (Å²) in [5.74, 6) is 0.409. The maximum absolute atomic E-state index is 9.53. The third-order valence-corrected chi connectivity index (χ3v) is 2.55. The van der Waals surface area contributed by atoms with Crippen LogP contribution >= 0.6 is 0 Å². The first-order valence-corrected chi connectivity index (χ1v) is 3.95. The summed E-state index contributed by atoms with van der Waals surface area (Å²) in [5, 5.41) is 19.1. The molecule has 0 spiro atoms. The van der Waals surface area contributed by atoms with Gasteiger partial charge in [-0.2, -0.15) is 0 Å². The molecule has 0 aliphatic carbocycles. The smallest absolute Gasteiger partial charge is 0.149 e. The molecule has 5 heteroatoms. The Morgan fingerprint density at radius 3 is 1.83 bits per heavy atom. The van der Waals surface area contributed by atoms with Gasteiger partial charge in [0.1, 0.15) is 35.0 Å². The average molecular weight is 160 g/mol. The molecule has 2 nitrogen and oxygen atoms in total. The highest BCUT2D eigenvalue weighted by molar-refractivity contribution is 6.53. The van der Waals surface area contributed by atoms with Crippen LogP contribution in [-0.4, -0.2) is 33.8 Å². The first kappa shape index (κ1) is 9.11. The van der Waals surface area contributed by atoms with Crippen LogP contribution in [0.15, 0.2) is 0 Å². The van der Waals surface area contributed by atoms with E-state index in [1.165, 1.54) is 0 Å². The molecule has 12 heavy (non-hydrogen) atoms. The normalized spacial score (nSPS) is 10.1. The molecule has 0 radical (unpaired) electrons. The molecule has 1 aromatic carbocycles. The molecular weight excluding hydrogens is 149 g/mol. The Kier molecular flexibility index (Phi) is 2.13. The van der Waals surface area contributed by atoms with Crippen LogP contribution < -0.4 is 16.4 Å². The largest absolute Gasteiger partial charge is 0.509 e. The SMILES string of the molecule is Bc1c(B)c(O)c(B)c(O)c1C. The van der Waals surface area contributed by atoms with Gasteiger partial charge in [0.05, 0.1) is 0 Å². The second kappa shape index (κ2) is 2.81. The Balaban J connectivity index is 3.60. The molecule has 0 bridgehead atoms. The minimum Gasteiger partial charge on any atom is -0.509 e. The number of phenols is 2. The summed E-state index contributed by atoms with van der Waals surface area (Å²) >= 11 is 0. The van der Waals surface area contributed by atoms with Gasteiger partial charge in [0, 0.05) is 0 Å². The number of hydrogen-bond acceptors (Lipinski definition) is 2. The predicted octanol–water partition coefficient (Wildman–Crippen LogP) is -3.82. The van der Waals surface area contributed by atoms with E-state index >= 15 is 0 Å². The Hall–Kier alpha value is -0.985. The van der Waals surface area contributed by atoms with Gasteiger partial charge in [-0.3, -0.25) is 0 Å². The molecular formula is C7H11B3O2. The highest BCUT2D eigenvalue weighted by Gasteiger charge is 2.11. The van der Waals surface area contributed by atoms with E-state index in [4.69, 9.17) is 0 Å². The molecule has 1 rings (SSSR count). The van der Waals surface area contributed by atoms with Crippen LogP contribution in [0, 0.1) is 6.92 Å². The number of phenolic OH excluding ortho intramolecular Hbond substituents is 2. The van der Waals surface area contributed by atoms with Gasteiger partial charge in [-0.25, -0.2) is 0 Å². The summed E-state index contributed by atoms with van der Waals surface area (Å²) in [7, 11) is 5.46. The molecule has 0 aliphatic heterocycles. The van der Waals surface area contributed by atoms with E-state index in [2.05, 4.69) is 0 Å². The summed E-state index contributed by atoms with van der Waals surface area (Å²) in [5.41, 5.74) is 3.22. The van der Waals surface area contributed by atoms with Crippen molar-refractivity contribution in [2.45, 2.75) is 6.92 Å². The molecule has 1 aromatic rings. The highest BCUT2D eigenvalue weighted by atomic mass is 16.3.